The van der Waals surface area contributed by atoms with Crippen molar-refractivity contribution in [3.63, 3.8) is 0 Å². The first kappa shape index (κ1) is 19.7. The Hall–Kier alpha value is -3.58. The summed E-state index contributed by atoms with van der Waals surface area (Å²) in [6.07, 6.45) is -1.95. The number of aromatic amines is 2. The molecule has 0 saturated carbocycles. The lowest BCUT2D eigenvalue weighted by molar-refractivity contribution is -0.187. The highest BCUT2D eigenvalue weighted by Gasteiger charge is 2.60. The molecule has 0 aliphatic carbocycles. The molecule has 4 aromatic rings. The minimum atomic E-state index is -4.81. The number of aromatic nitrogens is 4. The number of hydrogen-bond acceptors (Lipinski definition) is 5. The van der Waals surface area contributed by atoms with E-state index in [9.17, 15) is 13.2 Å². The SMILES string of the molecule is CNC(c1nc2cc(C#N)cnc2[nH]1)(c1c(OC)cc(C)c2[nH]ccc12)C(F)(F)F. The molecule has 0 aliphatic rings. The average Bonchev–Trinajstić information content (AvgIpc) is 3.35. The van der Waals surface area contributed by atoms with Crippen LogP contribution in [0.1, 0.15) is 22.5 Å². The number of hydrogen-bond donors (Lipinski definition) is 3. The third-order valence-electron chi connectivity index (χ3n) is 5.22. The molecule has 0 aliphatic heterocycles. The summed E-state index contributed by atoms with van der Waals surface area (Å²) in [5.74, 6) is -0.336. The molecule has 30 heavy (non-hydrogen) atoms. The van der Waals surface area contributed by atoms with Crippen molar-refractivity contribution in [3.8, 4) is 11.8 Å². The van der Waals surface area contributed by atoms with Crippen molar-refractivity contribution in [2.75, 3.05) is 14.2 Å². The topological polar surface area (TPSA) is 102 Å². The van der Waals surface area contributed by atoms with Crippen molar-refractivity contribution < 1.29 is 17.9 Å². The predicted molar refractivity (Wildman–Crippen MR) is 104 cm³/mol. The van der Waals surface area contributed by atoms with Crippen LogP contribution in [0.15, 0.2) is 30.6 Å². The highest BCUT2D eigenvalue weighted by atomic mass is 19.4. The number of fused-ring (bicyclic) bond motifs is 2. The van der Waals surface area contributed by atoms with Crippen molar-refractivity contribution in [2.24, 2.45) is 0 Å². The minimum Gasteiger partial charge on any atom is -0.496 e. The van der Waals surface area contributed by atoms with E-state index in [-0.39, 0.29) is 28.0 Å². The maximum Gasteiger partial charge on any atom is 0.418 e. The summed E-state index contributed by atoms with van der Waals surface area (Å²) in [5.41, 5.74) is -1.04. The number of pyridine rings is 1. The molecular formula is C20H17F3N6O. The van der Waals surface area contributed by atoms with Crippen molar-refractivity contribution in [2.45, 2.75) is 18.6 Å². The maximum atomic E-state index is 14.8. The molecule has 154 valence electrons. The van der Waals surface area contributed by atoms with Crippen LogP contribution in [0.3, 0.4) is 0 Å². The first-order valence-corrected chi connectivity index (χ1v) is 8.94. The molecule has 7 nitrogen and oxygen atoms in total. The van der Waals surface area contributed by atoms with Gasteiger partial charge in [0.2, 0.25) is 5.54 Å². The summed E-state index contributed by atoms with van der Waals surface area (Å²) in [7, 11) is 2.54. The lowest BCUT2D eigenvalue weighted by Crippen LogP contribution is -2.54. The number of nitrogens with zero attached hydrogens (tertiary/aromatic N) is 3. The second-order valence-electron chi connectivity index (χ2n) is 6.82. The highest BCUT2D eigenvalue weighted by molar-refractivity contribution is 5.90. The second kappa shape index (κ2) is 6.74. The largest absolute Gasteiger partial charge is 0.496 e. The number of rotatable bonds is 4. The van der Waals surface area contributed by atoms with Gasteiger partial charge in [0, 0.05) is 28.9 Å². The number of halogens is 3. The van der Waals surface area contributed by atoms with Gasteiger partial charge < -0.3 is 14.7 Å². The summed E-state index contributed by atoms with van der Waals surface area (Å²) < 4.78 is 49.8. The monoisotopic (exact) mass is 414 g/mol. The number of nitriles is 1. The fourth-order valence-electron chi connectivity index (χ4n) is 3.84. The van der Waals surface area contributed by atoms with Gasteiger partial charge >= 0.3 is 6.18 Å². The van der Waals surface area contributed by atoms with Gasteiger partial charge in [0.05, 0.1) is 12.7 Å². The molecular weight excluding hydrogens is 397 g/mol. The molecule has 3 N–H and O–H groups in total. The summed E-state index contributed by atoms with van der Waals surface area (Å²) >= 11 is 0. The van der Waals surface area contributed by atoms with Crippen LogP contribution in [0, 0.1) is 18.3 Å². The van der Waals surface area contributed by atoms with Crippen molar-refractivity contribution >= 4 is 22.1 Å². The number of aryl methyl sites for hydroxylation is 1. The molecule has 0 amide bonds. The third kappa shape index (κ3) is 2.63. The Morgan fingerprint density at radius 1 is 1.27 bits per heavy atom. The predicted octanol–water partition coefficient (Wildman–Crippen LogP) is 3.65. The number of ether oxygens (including phenoxy) is 1. The van der Waals surface area contributed by atoms with E-state index in [1.54, 1.807) is 25.3 Å². The van der Waals surface area contributed by atoms with E-state index in [0.717, 1.165) is 5.56 Å². The van der Waals surface area contributed by atoms with E-state index in [2.05, 4.69) is 25.3 Å². The number of imidazole rings is 1. The molecule has 1 atom stereocenters. The van der Waals surface area contributed by atoms with Crippen LogP contribution < -0.4 is 10.1 Å². The van der Waals surface area contributed by atoms with Gasteiger partial charge in [-0.25, -0.2) is 9.97 Å². The zero-order chi connectivity index (χ0) is 21.7. The zero-order valence-electron chi connectivity index (χ0n) is 16.3. The normalized spacial score (nSPS) is 14.0. The van der Waals surface area contributed by atoms with Crippen LogP contribution >= 0.6 is 0 Å². The van der Waals surface area contributed by atoms with E-state index >= 15 is 0 Å². The Morgan fingerprint density at radius 3 is 2.67 bits per heavy atom. The summed E-state index contributed by atoms with van der Waals surface area (Å²) in [6, 6.07) is 6.43. The Kier molecular flexibility index (Phi) is 4.43. The van der Waals surface area contributed by atoms with E-state index in [1.807, 2.05) is 6.07 Å². The average molecular weight is 414 g/mol. The summed E-state index contributed by atoms with van der Waals surface area (Å²) in [6.45, 7) is 1.79. The van der Waals surface area contributed by atoms with Gasteiger partial charge in [-0.2, -0.15) is 18.4 Å². The quantitative estimate of drug-likeness (QED) is 0.473. The van der Waals surface area contributed by atoms with Crippen LogP contribution in [0.5, 0.6) is 5.75 Å². The van der Waals surface area contributed by atoms with Gasteiger partial charge in [0.25, 0.3) is 0 Å². The molecule has 0 bridgehead atoms. The number of methoxy groups -OCH3 is 1. The Balaban J connectivity index is 2.13. The van der Waals surface area contributed by atoms with E-state index in [1.165, 1.54) is 26.4 Å². The first-order chi connectivity index (χ1) is 14.3. The van der Waals surface area contributed by atoms with Gasteiger partial charge in [-0.05, 0) is 37.7 Å². The molecule has 0 fully saturated rings. The minimum absolute atomic E-state index is 0.0670. The molecule has 1 unspecified atom stereocenters. The standard InChI is InChI=1S/C20H17F3N6O/c1-10-6-14(30-3)15(12-4-5-26-16(10)12)19(25-2,20(21,22)23)18-28-13-7-11(8-24)9-27-17(13)29-18/h4-7,9,25-26H,1-3H3,(H,27,28,29). The van der Waals surface area contributed by atoms with E-state index in [0.29, 0.717) is 10.9 Å². The van der Waals surface area contributed by atoms with Gasteiger partial charge in [0.1, 0.15) is 23.2 Å². The Labute approximate surface area is 168 Å². The molecule has 0 spiro atoms. The maximum absolute atomic E-state index is 14.8. The number of alkyl halides is 3. The number of H-pyrrole nitrogens is 2. The fourth-order valence-corrected chi connectivity index (χ4v) is 3.84. The highest BCUT2D eigenvalue weighted by Crippen LogP contribution is 2.49. The van der Waals surface area contributed by atoms with Crippen molar-refractivity contribution in [1.82, 2.24) is 25.3 Å². The van der Waals surface area contributed by atoms with E-state index in [4.69, 9.17) is 10.00 Å². The summed E-state index contributed by atoms with van der Waals surface area (Å²) in [5, 5.41) is 11.9. The molecule has 4 rings (SSSR count). The van der Waals surface area contributed by atoms with Crippen LogP contribution in [0.2, 0.25) is 0 Å². The first-order valence-electron chi connectivity index (χ1n) is 8.94. The van der Waals surface area contributed by atoms with E-state index < -0.39 is 17.5 Å². The van der Waals surface area contributed by atoms with Crippen molar-refractivity contribution in [1.29, 1.82) is 5.26 Å². The van der Waals surface area contributed by atoms with Gasteiger partial charge in [-0.3, -0.25) is 5.32 Å². The van der Waals surface area contributed by atoms with Crippen LogP contribution in [0.4, 0.5) is 13.2 Å². The smallest absolute Gasteiger partial charge is 0.418 e. The van der Waals surface area contributed by atoms with Crippen LogP contribution in [-0.2, 0) is 5.54 Å². The lowest BCUT2D eigenvalue weighted by Gasteiger charge is -2.35. The molecule has 0 radical (unpaired) electrons. The second-order valence-corrected chi connectivity index (χ2v) is 6.82. The lowest BCUT2D eigenvalue weighted by atomic mass is 9.84. The van der Waals surface area contributed by atoms with Crippen LogP contribution in [-0.4, -0.2) is 40.3 Å². The summed E-state index contributed by atoms with van der Waals surface area (Å²) in [4.78, 5) is 13.9. The number of nitrogens with one attached hydrogen (secondary N) is 3. The zero-order valence-corrected chi connectivity index (χ0v) is 16.3. The fraction of sp³-hybridized carbons (Fsp3) is 0.250. The Bertz CT molecular complexity index is 1300. The molecule has 3 heterocycles. The Morgan fingerprint density at radius 2 is 2.03 bits per heavy atom. The molecule has 3 aromatic heterocycles. The number of benzene rings is 1. The van der Waals surface area contributed by atoms with Gasteiger partial charge in [-0.1, -0.05) is 0 Å². The van der Waals surface area contributed by atoms with Gasteiger partial charge in [0.15, 0.2) is 5.65 Å². The van der Waals surface area contributed by atoms with Crippen molar-refractivity contribution in [3.05, 3.63) is 53.1 Å². The molecule has 0 saturated heterocycles. The third-order valence-corrected chi connectivity index (χ3v) is 5.22. The van der Waals surface area contributed by atoms with Gasteiger partial charge in [-0.15, -0.1) is 0 Å². The molecule has 1 aromatic carbocycles. The van der Waals surface area contributed by atoms with Crippen LogP contribution in [0.25, 0.3) is 22.1 Å². The molecule has 10 heteroatoms.